The van der Waals surface area contributed by atoms with Crippen LogP contribution in [0.5, 0.6) is 17.2 Å². The maximum Gasteiger partial charge on any atom is 0.127 e. The van der Waals surface area contributed by atoms with E-state index >= 15 is 0 Å². The van der Waals surface area contributed by atoms with Crippen molar-refractivity contribution >= 4 is 0 Å². The summed E-state index contributed by atoms with van der Waals surface area (Å²) in [4.78, 5) is 0. The van der Waals surface area contributed by atoms with E-state index in [0.717, 1.165) is 29.7 Å². The molecule has 2 rings (SSSR count). The Morgan fingerprint density at radius 3 is 1.95 bits per heavy atom. The highest BCUT2D eigenvalue weighted by Crippen LogP contribution is 2.33. The second-order valence-corrected chi connectivity index (χ2v) is 4.90. The van der Waals surface area contributed by atoms with Crippen LogP contribution in [0.25, 0.3) is 11.1 Å². The normalized spacial score (nSPS) is 10.4. The minimum atomic E-state index is 0.228. The first kappa shape index (κ1) is 15.2. The van der Waals surface area contributed by atoms with Gasteiger partial charge in [-0.25, -0.2) is 0 Å². The molecule has 0 heterocycles. The van der Waals surface area contributed by atoms with E-state index in [-0.39, 0.29) is 5.75 Å². The molecule has 0 fully saturated rings. The molecule has 0 saturated carbocycles. The molecule has 0 aliphatic heterocycles. The van der Waals surface area contributed by atoms with Gasteiger partial charge in [0.05, 0.1) is 13.2 Å². The Morgan fingerprint density at radius 1 is 0.810 bits per heavy atom. The minimum absolute atomic E-state index is 0.228. The maximum absolute atomic E-state index is 10.1. The third kappa shape index (κ3) is 4.15. The van der Waals surface area contributed by atoms with Crippen molar-refractivity contribution in [3.05, 3.63) is 42.5 Å². The monoisotopic (exact) mass is 286 g/mol. The van der Waals surface area contributed by atoms with Gasteiger partial charge in [-0.3, -0.25) is 0 Å². The van der Waals surface area contributed by atoms with Crippen LogP contribution in [0.3, 0.4) is 0 Å². The van der Waals surface area contributed by atoms with Crippen LogP contribution in [0, 0.1) is 0 Å². The number of rotatable bonds is 7. The first-order valence-electron chi connectivity index (χ1n) is 7.43. The highest BCUT2D eigenvalue weighted by Gasteiger charge is 2.06. The van der Waals surface area contributed by atoms with Crippen LogP contribution < -0.4 is 9.47 Å². The molecular weight excluding hydrogens is 264 g/mol. The molecule has 0 aliphatic rings. The van der Waals surface area contributed by atoms with Gasteiger partial charge in [0.1, 0.15) is 17.2 Å². The van der Waals surface area contributed by atoms with E-state index in [9.17, 15) is 5.11 Å². The number of benzene rings is 2. The summed E-state index contributed by atoms with van der Waals surface area (Å²) in [6.07, 6.45) is 1.93. The number of hydrogen-bond donors (Lipinski definition) is 1. The van der Waals surface area contributed by atoms with E-state index in [1.165, 1.54) is 0 Å². The zero-order chi connectivity index (χ0) is 15.1. The summed E-state index contributed by atoms with van der Waals surface area (Å²) in [6.45, 7) is 5.50. The molecule has 0 amide bonds. The fourth-order valence-corrected chi connectivity index (χ4v) is 2.02. The first-order chi connectivity index (χ1) is 10.2. The van der Waals surface area contributed by atoms with Crippen LogP contribution >= 0.6 is 0 Å². The largest absolute Gasteiger partial charge is 0.507 e. The molecule has 2 aromatic carbocycles. The number of ether oxygens (including phenoxy) is 2. The summed E-state index contributed by atoms with van der Waals surface area (Å²) in [5.41, 5.74) is 1.75. The lowest BCUT2D eigenvalue weighted by Gasteiger charge is -2.10. The van der Waals surface area contributed by atoms with E-state index in [1.54, 1.807) is 6.07 Å². The molecule has 1 N–H and O–H groups in total. The van der Waals surface area contributed by atoms with Crippen molar-refractivity contribution in [3.63, 3.8) is 0 Å². The maximum atomic E-state index is 10.1. The fourth-order valence-electron chi connectivity index (χ4n) is 2.02. The van der Waals surface area contributed by atoms with Gasteiger partial charge < -0.3 is 14.6 Å². The standard InChI is InChI=1S/C18H22O3/c1-3-11-20-15-7-5-14(6-8-15)17-10-9-16(13-18(17)19)21-12-4-2/h5-10,13,19H,3-4,11-12H2,1-2H3. The molecule has 3 heteroatoms. The van der Waals surface area contributed by atoms with Crippen LogP contribution in [-0.4, -0.2) is 18.3 Å². The SMILES string of the molecule is CCCOc1ccc(-c2ccc(OCCC)cc2O)cc1. The topological polar surface area (TPSA) is 38.7 Å². The van der Waals surface area contributed by atoms with E-state index in [0.29, 0.717) is 19.0 Å². The Balaban J connectivity index is 2.13. The summed E-state index contributed by atoms with van der Waals surface area (Å²) in [7, 11) is 0. The van der Waals surface area contributed by atoms with Crippen molar-refractivity contribution in [2.45, 2.75) is 26.7 Å². The van der Waals surface area contributed by atoms with Crippen molar-refractivity contribution in [3.8, 4) is 28.4 Å². The average Bonchev–Trinajstić information content (AvgIpc) is 2.52. The minimum Gasteiger partial charge on any atom is -0.507 e. The van der Waals surface area contributed by atoms with E-state index < -0.39 is 0 Å². The second-order valence-electron chi connectivity index (χ2n) is 4.90. The van der Waals surface area contributed by atoms with E-state index in [2.05, 4.69) is 13.8 Å². The average molecular weight is 286 g/mol. The quantitative estimate of drug-likeness (QED) is 0.806. The van der Waals surface area contributed by atoms with Crippen molar-refractivity contribution in [1.29, 1.82) is 0 Å². The zero-order valence-electron chi connectivity index (χ0n) is 12.6. The van der Waals surface area contributed by atoms with Gasteiger partial charge in [0.2, 0.25) is 0 Å². The van der Waals surface area contributed by atoms with Crippen LogP contribution in [0.15, 0.2) is 42.5 Å². The van der Waals surface area contributed by atoms with Crippen LogP contribution in [0.4, 0.5) is 0 Å². The molecular formula is C18H22O3. The van der Waals surface area contributed by atoms with Crippen LogP contribution in [0.1, 0.15) is 26.7 Å². The van der Waals surface area contributed by atoms with Gasteiger partial charge in [0.25, 0.3) is 0 Å². The van der Waals surface area contributed by atoms with Crippen molar-refractivity contribution in [2.75, 3.05) is 13.2 Å². The molecule has 0 atom stereocenters. The van der Waals surface area contributed by atoms with Gasteiger partial charge >= 0.3 is 0 Å². The zero-order valence-corrected chi connectivity index (χ0v) is 12.6. The Kier molecular flexibility index (Phi) is 5.50. The molecule has 21 heavy (non-hydrogen) atoms. The predicted molar refractivity (Wildman–Crippen MR) is 85.1 cm³/mol. The van der Waals surface area contributed by atoms with Gasteiger partial charge in [-0.05, 0) is 42.7 Å². The van der Waals surface area contributed by atoms with Crippen molar-refractivity contribution in [1.82, 2.24) is 0 Å². The Labute approximate surface area is 126 Å². The van der Waals surface area contributed by atoms with Gasteiger partial charge in [-0.2, -0.15) is 0 Å². The molecule has 0 unspecified atom stereocenters. The summed E-state index contributed by atoms with van der Waals surface area (Å²) in [6, 6.07) is 13.2. The van der Waals surface area contributed by atoms with Gasteiger partial charge in [0, 0.05) is 11.6 Å². The van der Waals surface area contributed by atoms with Crippen LogP contribution in [-0.2, 0) is 0 Å². The lowest BCUT2D eigenvalue weighted by Crippen LogP contribution is -1.95. The number of phenols is 1. The number of aromatic hydroxyl groups is 1. The van der Waals surface area contributed by atoms with Gasteiger partial charge in [0.15, 0.2) is 0 Å². The van der Waals surface area contributed by atoms with Gasteiger partial charge in [-0.1, -0.05) is 26.0 Å². The molecule has 0 aromatic heterocycles. The third-order valence-corrected chi connectivity index (χ3v) is 3.08. The van der Waals surface area contributed by atoms with Crippen molar-refractivity contribution in [2.24, 2.45) is 0 Å². The fraction of sp³-hybridized carbons (Fsp3) is 0.333. The number of phenolic OH excluding ortho intramolecular Hbond substituents is 1. The predicted octanol–water partition coefficient (Wildman–Crippen LogP) is 4.64. The molecule has 0 saturated heterocycles. The Hall–Kier alpha value is -2.16. The lowest BCUT2D eigenvalue weighted by molar-refractivity contribution is 0.315. The molecule has 0 radical (unpaired) electrons. The summed E-state index contributed by atoms with van der Waals surface area (Å²) < 4.78 is 11.1. The molecule has 0 bridgehead atoms. The van der Waals surface area contributed by atoms with E-state index in [4.69, 9.17) is 9.47 Å². The molecule has 2 aromatic rings. The molecule has 112 valence electrons. The highest BCUT2D eigenvalue weighted by atomic mass is 16.5. The Morgan fingerprint density at radius 2 is 1.38 bits per heavy atom. The smallest absolute Gasteiger partial charge is 0.127 e. The third-order valence-electron chi connectivity index (χ3n) is 3.08. The Bertz CT molecular complexity index is 561. The molecule has 3 nitrogen and oxygen atoms in total. The van der Waals surface area contributed by atoms with Gasteiger partial charge in [-0.15, -0.1) is 0 Å². The number of hydrogen-bond acceptors (Lipinski definition) is 3. The highest BCUT2D eigenvalue weighted by molar-refractivity contribution is 5.71. The van der Waals surface area contributed by atoms with Crippen molar-refractivity contribution < 1.29 is 14.6 Å². The first-order valence-corrected chi connectivity index (χ1v) is 7.43. The summed E-state index contributed by atoms with van der Waals surface area (Å²) >= 11 is 0. The summed E-state index contributed by atoms with van der Waals surface area (Å²) in [5.74, 6) is 1.77. The molecule has 0 spiro atoms. The molecule has 0 aliphatic carbocycles. The van der Waals surface area contributed by atoms with E-state index in [1.807, 2.05) is 36.4 Å². The second kappa shape index (κ2) is 7.58. The lowest BCUT2D eigenvalue weighted by atomic mass is 10.0. The summed E-state index contributed by atoms with van der Waals surface area (Å²) in [5, 5.41) is 10.1. The van der Waals surface area contributed by atoms with Crippen LogP contribution in [0.2, 0.25) is 0 Å².